The number of esters is 1. The Morgan fingerprint density at radius 3 is 2.62 bits per heavy atom. The molecule has 1 aliphatic heterocycles. The monoisotopic (exact) mass is 330 g/mol. The Balaban J connectivity index is 2.41. The summed E-state index contributed by atoms with van der Waals surface area (Å²) >= 11 is 0. The van der Waals surface area contributed by atoms with Gasteiger partial charge in [-0.3, -0.25) is 4.79 Å². The summed E-state index contributed by atoms with van der Waals surface area (Å²) in [5, 5.41) is 19.3. The van der Waals surface area contributed by atoms with E-state index in [0.29, 0.717) is 24.8 Å². The number of aromatic hydroxyl groups is 1. The molecule has 1 heterocycles. The third-order valence-corrected chi connectivity index (χ3v) is 4.38. The van der Waals surface area contributed by atoms with Crippen LogP contribution in [0.15, 0.2) is 24.3 Å². The molecule has 5 nitrogen and oxygen atoms in total. The molecule has 2 rings (SSSR count). The molecule has 5 heteroatoms. The topological polar surface area (TPSA) is 83.8 Å². The van der Waals surface area contributed by atoms with E-state index in [1.807, 2.05) is 19.9 Å². The van der Waals surface area contributed by atoms with E-state index in [0.717, 1.165) is 22.3 Å². The molecule has 0 bridgehead atoms. The number of carbonyl (C=O) groups excluding carboxylic acids is 1. The molecule has 0 spiro atoms. The minimum absolute atomic E-state index is 0.0303. The van der Waals surface area contributed by atoms with E-state index in [9.17, 15) is 14.7 Å². The second-order valence-corrected chi connectivity index (χ2v) is 6.00. The lowest BCUT2D eigenvalue weighted by Gasteiger charge is -2.16. The van der Waals surface area contributed by atoms with Gasteiger partial charge in [-0.25, -0.2) is 4.79 Å². The van der Waals surface area contributed by atoms with Crippen LogP contribution in [-0.2, 0) is 29.0 Å². The molecule has 1 aromatic carbocycles. The van der Waals surface area contributed by atoms with Crippen LogP contribution in [-0.4, -0.2) is 22.2 Å². The number of phenolic OH excluding ortho intramolecular Hbond substituents is 1. The van der Waals surface area contributed by atoms with E-state index in [1.165, 1.54) is 0 Å². The lowest BCUT2D eigenvalue weighted by molar-refractivity contribution is -0.136. The molecule has 0 aromatic heterocycles. The number of rotatable bonds is 7. The normalized spacial score (nSPS) is 13.6. The average Bonchev–Trinajstić information content (AvgIpc) is 2.92. The first kappa shape index (κ1) is 17.8. The standard InChI is InChI=1S/C19H22O5/c1-4-5-13-12(3)15-10-24-19(23)17(15)18(22)14(13)8-6-11(2)7-9-16(20)21/h4,6,22H,1,5,7-10H2,2-3H3,(H,20,21)/b11-6+. The Hall–Kier alpha value is -2.56. The van der Waals surface area contributed by atoms with Crippen molar-refractivity contribution in [3.63, 3.8) is 0 Å². The van der Waals surface area contributed by atoms with Gasteiger partial charge in [0.15, 0.2) is 0 Å². The number of hydrogen-bond acceptors (Lipinski definition) is 4. The summed E-state index contributed by atoms with van der Waals surface area (Å²) in [6, 6.07) is 0. The number of allylic oxidation sites excluding steroid dienone is 3. The Kier molecular flexibility index (Phi) is 5.44. The van der Waals surface area contributed by atoms with E-state index in [-0.39, 0.29) is 24.3 Å². The number of carbonyl (C=O) groups is 2. The second-order valence-electron chi connectivity index (χ2n) is 6.00. The summed E-state index contributed by atoms with van der Waals surface area (Å²) in [6.45, 7) is 7.73. The minimum atomic E-state index is -0.839. The van der Waals surface area contributed by atoms with Crippen LogP contribution in [0.25, 0.3) is 0 Å². The molecule has 0 unspecified atom stereocenters. The fraction of sp³-hybridized carbons (Fsp3) is 0.368. The molecule has 0 atom stereocenters. The summed E-state index contributed by atoms with van der Waals surface area (Å²) in [7, 11) is 0. The molecule has 0 aliphatic carbocycles. The van der Waals surface area contributed by atoms with Crippen molar-refractivity contribution in [1.29, 1.82) is 0 Å². The van der Waals surface area contributed by atoms with Gasteiger partial charge < -0.3 is 14.9 Å². The third kappa shape index (κ3) is 3.50. The van der Waals surface area contributed by atoms with Crippen LogP contribution in [0.5, 0.6) is 5.75 Å². The molecule has 24 heavy (non-hydrogen) atoms. The van der Waals surface area contributed by atoms with E-state index >= 15 is 0 Å². The van der Waals surface area contributed by atoms with Gasteiger partial charge in [-0.05, 0) is 44.2 Å². The molecule has 2 N–H and O–H groups in total. The van der Waals surface area contributed by atoms with Gasteiger partial charge >= 0.3 is 11.9 Å². The fourth-order valence-electron chi connectivity index (χ4n) is 2.97. The van der Waals surface area contributed by atoms with Crippen molar-refractivity contribution in [1.82, 2.24) is 0 Å². The van der Waals surface area contributed by atoms with Crippen LogP contribution in [0.4, 0.5) is 0 Å². The zero-order valence-corrected chi connectivity index (χ0v) is 14.0. The maximum absolute atomic E-state index is 11.9. The van der Waals surface area contributed by atoms with E-state index in [4.69, 9.17) is 9.84 Å². The van der Waals surface area contributed by atoms with Crippen molar-refractivity contribution in [2.75, 3.05) is 0 Å². The average molecular weight is 330 g/mol. The number of aliphatic carboxylic acids is 1. The van der Waals surface area contributed by atoms with Gasteiger partial charge in [-0.1, -0.05) is 17.7 Å². The van der Waals surface area contributed by atoms with Crippen LogP contribution in [0.2, 0.25) is 0 Å². The lowest BCUT2D eigenvalue weighted by atomic mass is 9.88. The molecule has 1 aliphatic rings. The SMILES string of the molecule is C=CCc1c(C)c2c(c(O)c1C/C=C(\C)CCC(=O)O)C(=O)OC2. The zero-order valence-electron chi connectivity index (χ0n) is 14.0. The molecule has 0 saturated heterocycles. The van der Waals surface area contributed by atoms with Gasteiger partial charge in [-0.15, -0.1) is 6.58 Å². The van der Waals surface area contributed by atoms with E-state index in [2.05, 4.69) is 6.58 Å². The van der Waals surface area contributed by atoms with Crippen molar-refractivity contribution in [3.05, 3.63) is 52.1 Å². The Labute approximate surface area is 141 Å². The molecule has 0 radical (unpaired) electrons. The summed E-state index contributed by atoms with van der Waals surface area (Å²) in [6.07, 6.45) is 5.20. The third-order valence-electron chi connectivity index (χ3n) is 4.38. The Morgan fingerprint density at radius 2 is 2.00 bits per heavy atom. The first-order valence-electron chi connectivity index (χ1n) is 7.88. The molecule has 1 aromatic rings. The molecular formula is C19H22O5. The first-order chi connectivity index (χ1) is 11.4. The highest BCUT2D eigenvalue weighted by Crippen LogP contribution is 2.38. The molecule has 0 saturated carbocycles. The molecule has 0 amide bonds. The smallest absolute Gasteiger partial charge is 0.342 e. The Morgan fingerprint density at radius 1 is 1.29 bits per heavy atom. The van der Waals surface area contributed by atoms with Gasteiger partial charge in [0.25, 0.3) is 0 Å². The van der Waals surface area contributed by atoms with Crippen molar-refractivity contribution in [3.8, 4) is 5.75 Å². The summed E-state index contributed by atoms with van der Waals surface area (Å²) in [5.74, 6) is -1.37. The highest BCUT2D eigenvalue weighted by molar-refractivity contribution is 5.97. The number of hydrogen-bond donors (Lipinski definition) is 2. The fourth-order valence-corrected chi connectivity index (χ4v) is 2.97. The largest absolute Gasteiger partial charge is 0.507 e. The minimum Gasteiger partial charge on any atom is -0.507 e. The van der Waals surface area contributed by atoms with Crippen molar-refractivity contribution in [2.24, 2.45) is 0 Å². The van der Waals surface area contributed by atoms with E-state index < -0.39 is 11.9 Å². The summed E-state index contributed by atoms with van der Waals surface area (Å²) in [5.41, 5.74) is 4.50. The van der Waals surface area contributed by atoms with Gasteiger partial charge in [0, 0.05) is 17.5 Å². The van der Waals surface area contributed by atoms with Crippen molar-refractivity contribution < 1.29 is 24.5 Å². The second kappa shape index (κ2) is 7.34. The number of ether oxygens (including phenoxy) is 1. The predicted octanol–water partition coefficient (Wildman–Crippen LogP) is 3.45. The maximum atomic E-state index is 11.9. The van der Waals surface area contributed by atoms with Crippen LogP contribution in [0, 0.1) is 6.92 Å². The number of carboxylic acids is 1. The van der Waals surface area contributed by atoms with Crippen LogP contribution >= 0.6 is 0 Å². The van der Waals surface area contributed by atoms with Crippen LogP contribution in [0.3, 0.4) is 0 Å². The van der Waals surface area contributed by atoms with Gasteiger partial charge in [0.2, 0.25) is 0 Å². The number of fused-ring (bicyclic) bond motifs is 1. The number of cyclic esters (lactones) is 1. The maximum Gasteiger partial charge on any atom is 0.342 e. The number of carboxylic acid groups (broad SMARTS) is 1. The Bertz CT molecular complexity index is 728. The van der Waals surface area contributed by atoms with Gasteiger partial charge in [0.05, 0.1) is 0 Å². The molecular weight excluding hydrogens is 308 g/mol. The quantitative estimate of drug-likeness (QED) is 0.591. The van der Waals surface area contributed by atoms with Crippen LogP contribution in [0.1, 0.15) is 52.4 Å². The van der Waals surface area contributed by atoms with Gasteiger partial charge in [-0.2, -0.15) is 0 Å². The number of benzene rings is 1. The molecule has 0 fully saturated rings. The highest BCUT2D eigenvalue weighted by Gasteiger charge is 2.30. The highest BCUT2D eigenvalue weighted by atomic mass is 16.5. The lowest BCUT2D eigenvalue weighted by Crippen LogP contribution is -2.05. The van der Waals surface area contributed by atoms with Crippen molar-refractivity contribution >= 4 is 11.9 Å². The summed E-state index contributed by atoms with van der Waals surface area (Å²) in [4.78, 5) is 22.5. The predicted molar refractivity (Wildman–Crippen MR) is 90.2 cm³/mol. The summed E-state index contributed by atoms with van der Waals surface area (Å²) < 4.78 is 5.06. The number of phenols is 1. The van der Waals surface area contributed by atoms with E-state index in [1.54, 1.807) is 6.08 Å². The van der Waals surface area contributed by atoms with Crippen molar-refractivity contribution in [2.45, 2.75) is 46.1 Å². The molecule has 128 valence electrons. The zero-order chi connectivity index (χ0) is 17.9. The van der Waals surface area contributed by atoms with Gasteiger partial charge in [0.1, 0.15) is 17.9 Å². The van der Waals surface area contributed by atoms with Crippen LogP contribution < -0.4 is 0 Å². The first-order valence-corrected chi connectivity index (χ1v) is 7.88.